The van der Waals surface area contributed by atoms with Crippen LogP contribution < -0.4 is 9.64 Å². The molecule has 0 radical (unpaired) electrons. The highest BCUT2D eigenvalue weighted by atomic mass is 79.9. The molecule has 0 aromatic heterocycles. The predicted octanol–water partition coefficient (Wildman–Crippen LogP) is 5.74. The normalized spacial score (nSPS) is 16.0. The van der Waals surface area contributed by atoms with Crippen LogP contribution in [-0.2, 0) is 4.79 Å². The zero-order valence-electron chi connectivity index (χ0n) is 13.2. The first-order valence-corrected chi connectivity index (χ1v) is 9.44. The second kappa shape index (κ2) is 7.64. The Balaban J connectivity index is 1.96. The molecule has 0 aliphatic carbocycles. The Morgan fingerprint density at radius 1 is 1.20 bits per heavy atom. The highest BCUT2D eigenvalue weighted by Gasteiger charge is 2.36. The number of amides is 2. The van der Waals surface area contributed by atoms with Crippen LogP contribution in [0.1, 0.15) is 12.5 Å². The van der Waals surface area contributed by atoms with Gasteiger partial charge in [-0.1, -0.05) is 27.5 Å². The summed E-state index contributed by atoms with van der Waals surface area (Å²) in [7, 11) is 0. The first-order valence-electron chi connectivity index (χ1n) is 7.45. The quantitative estimate of drug-likeness (QED) is 0.571. The van der Waals surface area contributed by atoms with Gasteiger partial charge in [0, 0.05) is 15.1 Å². The molecule has 0 atom stereocenters. The number of carbonyl (C=O) groups is 2. The van der Waals surface area contributed by atoms with Crippen LogP contribution in [0.25, 0.3) is 6.08 Å². The van der Waals surface area contributed by atoms with Crippen LogP contribution in [0.15, 0.2) is 51.8 Å². The minimum Gasteiger partial charge on any atom is -0.493 e. The molecule has 1 fully saturated rings. The summed E-state index contributed by atoms with van der Waals surface area (Å²) in [6.45, 7) is 2.40. The lowest BCUT2D eigenvalue weighted by atomic mass is 10.2. The van der Waals surface area contributed by atoms with E-state index in [0.29, 0.717) is 28.0 Å². The van der Waals surface area contributed by atoms with Crippen molar-refractivity contribution in [2.45, 2.75) is 6.92 Å². The Bertz CT molecular complexity index is 867. The van der Waals surface area contributed by atoms with Crippen molar-refractivity contribution < 1.29 is 14.3 Å². The minimum absolute atomic E-state index is 0.341. The highest BCUT2D eigenvalue weighted by molar-refractivity contribution is 9.10. The summed E-state index contributed by atoms with van der Waals surface area (Å²) in [6, 6.07) is 12.1. The Labute approximate surface area is 162 Å². The Morgan fingerprint density at radius 2 is 1.92 bits per heavy atom. The molecule has 0 N–H and O–H groups in total. The summed E-state index contributed by atoms with van der Waals surface area (Å²) in [6.07, 6.45) is 1.68. The summed E-state index contributed by atoms with van der Waals surface area (Å²) in [5.41, 5.74) is 1.23. The molecule has 1 aliphatic rings. The first kappa shape index (κ1) is 18.0. The SMILES string of the molecule is CCOc1ccc(Br)cc1/C=C1\SC(=O)N(c2ccc(Cl)cc2)C1=O. The smallest absolute Gasteiger partial charge is 0.298 e. The number of ether oxygens (including phenoxy) is 1. The van der Waals surface area contributed by atoms with Crippen molar-refractivity contribution in [3.05, 3.63) is 62.4 Å². The van der Waals surface area contributed by atoms with Crippen molar-refractivity contribution in [1.29, 1.82) is 0 Å². The van der Waals surface area contributed by atoms with Crippen molar-refractivity contribution in [1.82, 2.24) is 0 Å². The van der Waals surface area contributed by atoms with E-state index in [1.807, 2.05) is 25.1 Å². The molecule has 1 heterocycles. The molecule has 2 amide bonds. The van der Waals surface area contributed by atoms with Gasteiger partial charge in [0.25, 0.3) is 11.1 Å². The lowest BCUT2D eigenvalue weighted by Crippen LogP contribution is -2.27. The molecule has 2 aromatic rings. The standard InChI is InChI=1S/C18H13BrClNO3S/c1-2-24-15-8-3-12(19)9-11(15)10-16-17(22)21(18(23)25-16)14-6-4-13(20)5-7-14/h3-10H,2H2,1H3/b16-10-. The fourth-order valence-electron chi connectivity index (χ4n) is 2.34. The van der Waals surface area contributed by atoms with Crippen LogP contribution in [0.3, 0.4) is 0 Å². The second-order valence-electron chi connectivity index (χ2n) is 5.11. The summed E-state index contributed by atoms with van der Waals surface area (Å²) >= 11 is 10.2. The topological polar surface area (TPSA) is 46.6 Å². The molecule has 1 saturated heterocycles. The maximum atomic E-state index is 12.7. The monoisotopic (exact) mass is 437 g/mol. The van der Waals surface area contributed by atoms with Crippen molar-refractivity contribution in [2.75, 3.05) is 11.5 Å². The molecule has 128 valence electrons. The third-order valence-corrected chi connectivity index (χ3v) is 5.05. The number of imide groups is 1. The largest absolute Gasteiger partial charge is 0.493 e. The highest BCUT2D eigenvalue weighted by Crippen LogP contribution is 2.37. The van der Waals surface area contributed by atoms with Crippen LogP contribution in [0.5, 0.6) is 5.75 Å². The summed E-state index contributed by atoms with van der Waals surface area (Å²) in [5, 5.41) is 0.202. The number of nitrogens with zero attached hydrogens (tertiary/aromatic N) is 1. The van der Waals surface area contributed by atoms with E-state index in [-0.39, 0.29) is 11.1 Å². The molecule has 0 spiro atoms. The van der Waals surface area contributed by atoms with Gasteiger partial charge < -0.3 is 4.74 Å². The summed E-state index contributed by atoms with van der Waals surface area (Å²) in [4.78, 5) is 26.5. The van der Waals surface area contributed by atoms with Gasteiger partial charge in [-0.15, -0.1) is 0 Å². The fraction of sp³-hybridized carbons (Fsp3) is 0.111. The molecule has 0 saturated carbocycles. The zero-order chi connectivity index (χ0) is 18.0. The molecule has 1 aliphatic heterocycles. The lowest BCUT2D eigenvalue weighted by molar-refractivity contribution is -0.113. The molecule has 7 heteroatoms. The third-order valence-electron chi connectivity index (χ3n) is 3.44. The molecule has 3 rings (SSSR count). The van der Waals surface area contributed by atoms with E-state index in [9.17, 15) is 9.59 Å². The lowest BCUT2D eigenvalue weighted by Gasteiger charge is -2.12. The van der Waals surface area contributed by atoms with Crippen molar-refractivity contribution >= 4 is 62.2 Å². The van der Waals surface area contributed by atoms with Gasteiger partial charge in [0.2, 0.25) is 0 Å². The number of rotatable bonds is 4. The fourth-order valence-corrected chi connectivity index (χ4v) is 3.68. The zero-order valence-corrected chi connectivity index (χ0v) is 16.3. The Hall–Kier alpha value is -1.76. The maximum absolute atomic E-state index is 12.7. The van der Waals surface area contributed by atoms with E-state index in [4.69, 9.17) is 16.3 Å². The van der Waals surface area contributed by atoms with Gasteiger partial charge in [0.15, 0.2) is 0 Å². The Kier molecular flexibility index (Phi) is 5.51. The van der Waals surface area contributed by atoms with Gasteiger partial charge in [-0.05, 0) is 67.2 Å². The van der Waals surface area contributed by atoms with Crippen molar-refractivity contribution in [2.24, 2.45) is 0 Å². The molecule has 25 heavy (non-hydrogen) atoms. The molecule has 4 nitrogen and oxygen atoms in total. The van der Waals surface area contributed by atoms with Crippen LogP contribution in [0, 0.1) is 0 Å². The minimum atomic E-state index is -0.361. The van der Waals surface area contributed by atoms with E-state index < -0.39 is 0 Å². The third kappa shape index (κ3) is 3.92. The van der Waals surface area contributed by atoms with Gasteiger partial charge in [-0.2, -0.15) is 0 Å². The molecular weight excluding hydrogens is 426 g/mol. The van der Waals surface area contributed by atoms with Gasteiger partial charge in [0.1, 0.15) is 5.75 Å². The number of hydrogen-bond acceptors (Lipinski definition) is 4. The van der Waals surface area contributed by atoms with E-state index in [1.165, 1.54) is 0 Å². The average molecular weight is 439 g/mol. The van der Waals surface area contributed by atoms with E-state index in [2.05, 4.69) is 15.9 Å². The average Bonchev–Trinajstić information content (AvgIpc) is 2.85. The number of anilines is 1. The van der Waals surface area contributed by atoms with E-state index in [1.54, 1.807) is 30.3 Å². The maximum Gasteiger partial charge on any atom is 0.298 e. The predicted molar refractivity (Wildman–Crippen MR) is 105 cm³/mol. The summed E-state index contributed by atoms with van der Waals surface area (Å²) < 4.78 is 6.45. The van der Waals surface area contributed by atoms with Crippen LogP contribution in [-0.4, -0.2) is 17.8 Å². The Morgan fingerprint density at radius 3 is 2.60 bits per heavy atom. The molecule has 0 unspecified atom stereocenters. The number of carbonyl (C=O) groups excluding carboxylic acids is 2. The van der Waals surface area contributed by atoms with E-state index >= 15 is 0 Å². The van der Waals surface area contributed by atoms with Crippen LogP contribution in [0.2, 0.25) is 5.02 Å². The molecular formula is C18H13BrClNO3S. The first-order chi connectivity index (χ1) is 12.0. The molecule has 0 bridgehead atoms. The van der Waals surface area contributed by atoms with Gasteiger partial charge >= 0.3 is 0 Å². The van der Waals surface area contributed by atoms with Crippen LogP contribution in [0.4, 0.5) is 10.5 Å². The molecule has 2 aromatic carbocycles. The number of benzene rings is 2. The second-order valence-corrected chi connectivity index (χ2v) is 7.45. The van der Waals surface area contributed by atoms with Gasteiger partial charge in [-0.25, -0.2) is 4.90 Å². The number of halogens is 2. The van der Waals surface area contributed by atoms with E-state index in [0.717, 1.165) is 26.7 Å². The van der Waals surface area contributed by atoms with Crippen molar-refractivity contribution in [3.8, 4) is 5.75 Å². The number of thioether (sulfide) groups is 1. The summed E-state index contributed by atoms with van der Waals surface area (Å²) in [5.74, 6) is 0.295. The van der Waals surface area contributed by atoms with Crippen molar-refractivity contribution in [3.63, 3.8) is 0 Å². The van der Waals surface area contributed by atoms with Gasteiger partial charge in [-0.3, -0.25) is 9.59 Å². The number of hydrogen-bond donors (Lipinski definition) is 0. The van der Waals surface area contributed by atoms with Gasteiger partial charge in [0.05, 0.1) is 17.2 Å². The van der Waals surface area contributed by atoms with Crippen LogP contribution >= 0.6 is 39.3 Å².